The normalized spacial score (nSPS) is 16.9. The molecular formula is C16H15F2NO. The van der Waals surface area contributed by atoms with Crippen LogP contribution in [0.15, 0.2) is 36.4 Å². The molecule has 0 radical (unpaired) electrons. The maximum absolute atomic E-state index is 13.7. The monoisotopic (exact) mass is 275 g/mol. The van der Waals surface area contributed by atoms with Crippen molar-refractivity contribution in [2.45, 2.75) is 18.9 Å². The molecule has 3 rings (SSSR count). The molecule has 1 atom stereocenters. The fourth-order valence-corrected chi connectivity index (χ4v) is 2.69. The van der Waals surface area contributed by atoms with E-state index in [0.717, 1.165) is 24.0 Å². The number of ether oxygens (including phenoxy) is 1. The standard InChI is InChI=1S/C16H15F2NO/c1-20-16-7-4-12(9-14(16)18)19-15-6-2-10-8-11(17)3-5-13(10)15/h3-5,7-9,15,19H,2,6H2,1H3. The number of nitrogens with one attached hydrogen (secondary N) is 1. The highest BCUT2D eigenvalue weighted by atomic mass is 19.1. The molecule has 1 N–H and O–H groups in total. The van der Waals surface area contributed by atoms with Gasteiger partial charge >= 0.3 is 0 Å². The summed E-state index contributed by atoms with van der Waals surface area (Å²) in [5.41, 5.74) is 2.81. The lowest BCUT2D eigenvalue weighted by molar-refractivity contribution is 0.386. The van der Waals surface area contributed by atoms with E-state index in [0.29, 0.717) is 5.69 Å². The van der Waals surface area contributed by atoms with Crippen molar-refractivity contribution in [1.82, 2.24) is 0 Å². The number of anilines is 1. The molecule has 0 heterocycles. The summed E-state index contributed by atoms with van der Waals surface area (Å²) in [6.07, 6.45) is 1.72. The van der Waals surface area contributed by atoms with Crippen LogP contribution in [0.2, 0.25) is 0 Å². The van der Waals surface area contributed by atoms with Crippen molar-refractivity contribution in [2.24, 2.45) is 0 Å². The Bertz CT molecular complexity index is 642. The second-order valence-electron chi connectivity index (χ2n) is 4.93. The molecule has 0 saturated heterocycles. The van der Waals surface area contributed by atoms with Crippen molar-refractivity contribution < 1.29 is 13.5 Å². The van der Waals surface area contributed by atoms with Crippen LogP contribution in [0.25, 0.3) is 0 Å². The summed E-state index contributed by atoms with van der Waals surface area (Å²) >= 11 is 0. The van der Waals surface area contributed by atoms with Crippen LogP contribution in [-0.2, 0) is 6.42 Å². The van der Waals surface area contributed by atoms with E-state index >= 15 is 0 Å². The number of halogens is 2. The lowest BCUT2D eigenvalue weighted by atomic mass is 10.1. The van der Waals surface area contributed by atoms with Crippen LogP contribution in [-0.4, -0.2) is 7.11 Å². The number of benzene rings is 2. The van der Waals surface area contributed by atoms with Gasteiger partial charge in [-0.2, -0.15) is 0 Å². The number of fused-ring (bicyclic) bond motifs is 1. The molecule has 0 aromatic heterocycles. The zero-order valence-electron chi connectivity index (χ0n) is 11.1. The Hall–Kier alpha value is -2.10. The maximum Gasteiger partial charge on any atom is 0.167 e. The van der Waals surface area contributed by atoms with Gasteiger partial charge in [0.05, 0.1) is 13.2 Å². The molecule has 1 aliphatic rings. The predicted molar refractivity (Wildman–Crippen MR) is 74.0 cm³/mol. The lowest BCUT2D eigenvalue weighted by Crippen LogP contribution is -2.07. The van der Waals surface area contributed by atoms with Crippen LogP contribution in [0.1, 0.15) is 23.6 Å². The van der Waals surface area contributed by atoms with Gasteiger partial charge in [-0.1, -0.05) is 6.07 Å². The van der Waals surface area contributed by atoms with Gasteiger partial charge in [-0.25, -0.2) is 8.78 Å². The molecule has 0 saturated carbocycles. The zero-order valence-corrected chi connectivity index (χ0v) is 11.1. The first-order valence-corrected chi connectivity index (χ1v) is 6.56. The molecule has 4 heteroatoms. The number of aryl methyl sites for hydroxylation is 1. The minimum Gasteiger partial charge on any atom is -0.494 e. The Morgan fingerprint density at radius 2 is 2.00 bits per heavy atom. The van der Waals surface area contributed by atoms with E-state index in [1.165, 1.54) is 19.2 Å². The third kappa shape index (κ3) is 2.33. The number of methoxy groups -OCH3 is 1. The Kier molecular flexibility index (Phi) is 3.30. The van der Waals surface area contributed by atoms with E-state index in [9.17, 15) is 8.78 Å². The molecule has 1 aliphatic carbocycles. The summed E-state index contributed by atoms with van der Waals surface area (Å²) in [6, 6.07) is 9.73. The van der Waals surface area contributed by atoms with E-state index in [1.54, 1.807) is 24.3 Å². The largest absolute Gasteiger partial charge is 0.494 e. The SMILES string of the molecule is COc1ccc(NC2CCc3cc(F)ccc32)cc1F. The first-order chi connectivity index (χ1) is 9.67. The van der Waals surface area contributed by atoms with Crippen molar-refractivity contribution in [3.63, 3.8) is 0 Å². The molecule has 0 amide bonds. The molecule has 20 heavy (non-hydrogen) atoms. The first-order valence-electron chi connectivity index (χ1n) is 6.56. The molecule has 2 aromatic rings. The van der Waals surface area contributed by atoms with Crippen LogP contribution in [0.4, 0.5) is 14.5 Å². The average molecular weight is 275 g/mol. The fraction of sp³-hybridized carbons (Fsp3) is 0.250. The van der Waals surface area contributed by atoms with Crippen LogP contribution in [0.3, 0.4) is 0 Å². The number of hydrogen-bond donors (Lipinski definition) is 1. The summed E-state index contributed by atoms with van der Waals surface area (Å²) in [5, 5.41) is 3.29. The highest BCUT2D eigenvalue weighted by Gasteiger charge is 2.22. The molecule has 0 aliphatic heterocycles. The molecule has 0 fully saturated rings. The summed E-state index contributed by atoms with van der Waals surface area (Å²) in [4.78, 5) is 0. The van der Waals surface area contributed by atoms with Gasteiger partial charge in [0.15, 0.2) is 11.6 Å². The highest BCUT2D eigenvalue weighted by Crippen LogP contribution is 2.34. The quantitative estimate of drug-likeness (QED) is 0.911. The fourth-order valence-electron chi connectivity index (χ4n) is 2.69. The molecule has 2 nitrogen and oxygen atoms in total. The molecule has 2 aromatic carbocycles. The van der Waals surface area contributed by atoms with Gasteiger partial charge in [0, 0.05) is 11.8 Å². The van der Waals surface area contributed by atoms with Crippen molar-refractivity contribution in [3.05, 3.63) is 59.2 Å². The topological polar surface area (TPSA) is 21.3 Å². The van der Waals surface area contributed by atoms with Gasteiger partial charge in [-0.15, -0.1) is 0 Å². The second kappa shape index (κ2) is 5.12. The van der Waals surface area contributed by atoms with E-state index in [-0.39, 0.29) is 17.6 Å². The maximum atomic E-state index is 13.7. The minimum absolute atomic E-state index is 0.0957. The highest BCUT2D eigenvalue weighted by molar-refractivity contribution is 5.51. The average Bonchev–Trinajstić information content (AvgIpc) is 2.81. The Morgan fingerprint density at radius 3 is 2.75 bits per heavy atom. The van der Waals surface area contributed by atoms with Crippen molar-refractivity contribution in [2.75, 3.05) is 12.4 Å². The van der Waals surface area contributed by atoms with E-state index in [2.05, 4.69) is 5.32 Å². The third-order valence-electron chi connectivity index (χ3n) is 3.68. The molecule has 104 valence electrons. The minimum atomic E-state index is -0.394. The second-order valence-corrected chi connectivity index (χ2v) is 4.93. The van der Waals surface area contributed by atoms with Gasteiger partial charge in [0.1, 0.15) is 5.82 Å². The van der Waals surface area contributed by atoms with Gasteiger partial charge in [0.2, 0.25) is 0 Å². The summed E-state index contributed by atoms with van der Waals surface area (Å²) in [5.74, 6) is -0.376. The van der Waals surface area contributed by atoms with Crippen LogP contribution in [0, 0.1) is 11.6 Å². The van der Waals surface area contributed by atoms with E-state index in [4.69, 9.17) is 4.74 Å². The van der Waals surface area contributed by atoms with Crippen LogP contribution >= 0.6 is 0 Å². The molecule has 0 spiro atoms. The Balaban J connectivity index is 1.82. The molecular weight excluding hydrogens is 260 g/mol. The van der Waals surface area contributed by atoms with Crippen molar-refractivity contribution in [3.8, 4) is 5.75 Å². The van der Waals surface area contributed by atoms with Crippen molar-refractivity contribution in [1.29, 1.82) is 0 Å². The van der Waals surface area contributed by atoms with Gasteiger partial charge in [0.25, 0.3) is 0 Å². The van der Waals surface area contributed by atoms with Crippen LogP contribution in [0.5, 0.6) is 5.75 Å². The lowest BCUT2D eigenvalue weighted by Gasteiger charge is -2.16. The van der Waals surface area contributed by atoms with Gasteiger partial charge < -0.3 is 10.1 Å². The third-order valence-corrected chi connectivity index (χ3v) is 3.68. The van der Waals surface area contributed by atoms with E-state index in [1.807, 2.05) is 0 Å². The molecule has 1 unspecified atom stereocenters. The molecule has 0 bridgehead atoms. The van der Waals surface area contributed by atoms with E-state index < -0.39 is 5.82 Å². The van der Waals surface area contributed by atoms with Crippen LogP contribution < -0.4 is 10.1 Å². The first kappa shape index (κ1) is 12.9. The van der Waals surface area contributed by atoms with Gasteiger partial charge in [-0.05, 0) is 48.2 Å². The number of rotatable bonds is 3. The summed E-state index contributed by atoms with van der Waals surface area (Å²) in [7, 11) is 1.44. The number of hydrogen-bond acceptors (Lipinski definition) is 2. The Morgan fingerprint density at radius 1 is 1.15 bits per heavy atom. The summed E-state index contributed by atoms with van der Waals surface area (Å²) < 4.78 is 31.7. The predicted octanol–water partition coefficient (Wildman–Crippen LogP) is 4.07. The zero-order chi connectivity index (χ0) is 14.1. The van der Waals surface area contributed by atoms with Crippen molar-refractivity contribution >= 4 is 5.69 Å². The smallest absolute Gasteiger partial charge is 0.167 e. The summed E-state index contributed by atoms with van der Waals surface area (Å²) in [6.45, 7) is 0. The van der Waals surface area contributed by atoms with Gasteiger partial charge in [-0.3, -0.25) is 0 Å². The Labute approximate surface area is 116 Å².